The van der Waals surface area contributed by atoms with E-state index in [9.17, 15) is 33.6 Å². The lowest BCUT2D eigenvalue weighted by Gasteiger charge is -2.20. The number of rotatable bonds is 19. The van der Waals surface area contributed by atoms with E-state index in [1.807, 2.05) is 0 Å². The van der Waals surface area contributed by atoms with Gasteiger partial charge in [-0.2, -0.15) is 0 Å². The predicted octanol–water partition coefficient (Wildman–Crippen LogP) is -0.695. The maximum Gasteiger partial charge on any atom is 0.322 e. The first-order valence-electron chi connectivity index (χ1n) is 14.0. The van der Waals surface area contributed by atoms with Gasteiger partial charge >= 0.3 is 11.9 Å². The average molecular weight is 654 g/mol. The van der Waals surface area contributed by atoms with Crippen molar-refractivity contribution in [1.29, 1.82) is 0 Å². The normalized spacial score (nSPS) is 12.3. The van der Waals surface area contributed by atoms with Crippen molar-refractivity contribution in [3.8, 4) is 12.3 Å². The van der Waals surface area contributed by atoms with Gasteiger partial charge in [-0.25, -0.2) is 0 Å². The molecule has 0 radical (unpaired) electrons. The molecule has 0 aliphatic carbocycles. The van der Waals surface area contributed by atoms with E-state index in [-0.39, 0.29) is 43.1 Å². The molecule has 14 nitrogen and oxygen atoms in total. The number of hydrogen-bond acceptors (Lipinski definition) is 9. The molecule has 0 aliphatic heterocycles. The summed E-state index contributed by atoms with van der Waals surface area (Å²) in [7, 11) is 0. The molecular weight excluding hydrogens is 618 g/mol. The fourth-order valence-electron chi connectivity index (χ4n) is 3.91. The van der Waals surface area contributed by atoms with E-state index in [1.54, 1.807) is 54.6 Å². The maximum absolute atomic E-state index is 12.8. The largest absolute Gasteiger partial charge is 0.480 e. The quantitative estimate of drug-likeness (QED) is 0.0740. The Labute approximate surface area is 269 Å². The Balaban J connectivity index is 2.03. The van der Waals surface area contributed by atoms with Crippen LogP contribution in [0.5, 0.6) is 0 Å². The molecule has 0 fully saturated rings. The Morgan fingerprint density at radius 3 is 2.04 bits per heavy atom. The molecule has 8 N–H and O–H groups in total. The molecule has 46 heavy (non-hydrogen) atoms. The first-order valence-corrected chi connectivity index (χ1v) is 15.1. The number of terminal acetylenes is 1. The number of aliphatic carboxylic acids is 2. The Hall–Kier alpha value is -5.20. The van der Waals surface area contributed by atoms with Crippen LogP contribution in [-0.2, 0) is 35.2 Å². The van der Waals surface area contributed by atoms with Crippen LogP contribution in [0.1, 0.15) is 34.3 Å². The summed E-state index contributed by atoms with van der Waals surface area (Å²) >= 11 is 0.929. The van der Waals surface area contributed by atoms with Gasteiger partial charge in [-0.05, 0) is 12.0 Å². The van der Waals surface area contributed by atoms with Crippen LogP contribution >= 0.6 is 11.8 Å². The number of carboxylic acid groups (broad SMARTS) is 2. The number of benzene rings is 2. The van der Waals surface area contributed by atoms with Crippen LogP contribution in [0.25, 0.3) is 0 Å². The summed E-state index contributed by atoms with van der Waals surface area (Å²) < 4.78 is 0. The van der Waals surface area contributed by atoms with E-state index in [2.05, 4.69) is 27.2 Å². The zero-order valence-corrected chi connectivity index (χ0v) is 25.5. The summed E-state index contributed by atoms with van der Waals surface area (Å²) in [6.07, 6.45) is 4.81. The molecule has 2 unspecified atom stereocenters. The van der Waals surface area contributed by atoms with E-state index in [0.717, 1.165) is 11.8 Å². The molecule has 0 saturated heterocycles. The van der Waals surface area contributed by atoms with Gasteiger partial charge < -0.3 is 37.2 Å². The lowest BCUT2D eigenvalue weighted by atomic mass is 9.99. The number of hydrogen-bond donors (Lipinski definition) is 7. The topological polar surface area (TPSA) is 234 Å². The number of nitrogens with two attached hydrogens (primary N) is 1. The zero-order valence-electron chi connectivity index (χ0n) is 24.7. The van der Waals surface area contributed by atoms with Crippen LogP contribution in [0.2, 0.25) is 0 Å². The van der Waals surface area contributed by atoms with E-state index < -0.39 is 60.2 Å². The molecule has 2 aromatic rings. The summed E-state index contributed by atoms with van der Waals surface area (Å²) in [5.41, 5.74) is 7.02. The summed E-state index contributed by atoms with van der Waals surface area (Å²) in [5.74, 6) is -3.54. The van der Waals surface area contributed by atoms with E-state index in [4.69, 9.17) is 22.4 Å². The molecule has 3 atom stereocenters. The van der Waals surface area contributed by atoms with Gasteiger partial charge in [0.05, 0.1) is 12.3 Å². The molecule has 15 heteroatoms. The zero-order chi connectivity index (χ0) is 34.1. The fraction of sp³-hybridized carbons (Fsp3) is 0.323. The molecule has 2 aromatic carbocycles. The molecule has 244 valence electrons. The second kappa shape index (κ2) is 19.2. The van der Waals surface area contributed by atoms with Crippen molar-refractivity contribution in [1.82, 2.24) is 21.3 Å². The van der Waals surface area contributed by atoms with Gasteiger partial charge in [0, 0.05) is 29.7 Å². The molecular formula is C31H35N5O9S. The van der Waals surface area contributed by atoms with E-state index in [1.165, 1.54) is 0 Å². The summed E-state index contributed by atoms with van der Waals surface area (Å²) in [6, 6.07) is 11.7. The highest BCUT2D eigenvalue weighted by Crippen LogP contribution is 2.13. The molecule has 0 aliphatic rings. The van der Waals surface area contributed by atoms with Gasteiger partial charge in [0.15, 0.2) is 5.78 Å². The fourth-order valence-corrected chi connectivity index (χ4v) is 4.76. The first kappa shape index (κ1) is 37.0. The van der Waals surface area contributed by atoms with Crippen molar-refractivity contribution in [2.45, 2.75) is 37.4 Å². The Morgan fingerprint density at radius 2 is 1.43 bits per heavy atom. The van der Waals surface area contributed by atoms with Crippen molar-refractivity contribution in [2.24, 2.45) is 5.73 Å². The number of carbonyl (C=O) groups excluding carboxylic acids is 5. The van der Waals surface area contributed by atoms with Crippen LogP contribution in [-0.4, -0.2) is 94.3 Å². The molecule has 0 spiro atoms. The average Bonchev–Trinajstić information content (AvgIpc) is 3.04. The Bertz CT molecular complexity index is 1440. The highest BCUT2D eigenvalue weighted by Gasteiger charge is 2.25. The standard InChI is InChI=1S/C31H35N5O9S/c1-2-14-33-29(42)23(15-19-8-10-21(11-9-19)28(41)20-6-4-3-5-7-20)35-26(38)18-46-17-24(30(43)34-16-27(39)40)36-25(37)13-12-22(32)31(44)45/h1,3-11,22-24H,12-18,32H2,(H,33,42)(H,34,43)(H,35,38)(H,36,37)(H,39,40)(H,44,45)/t22-,23?,24?/m0/s1. The monoisotopic (exact) mass is 653 g/mol. The van der Waals surface area contributed by atoms with Gasteiger partial charge in [0.25, 0.3) is 0 Å². The van der Waals surface area contributed by atoms with Crippen molar-refractivity contribution < 1.29 is 43.8 Å². The highest BCUT2D eigenvalue weighted by atomic mass is 32.2. The van der Waals surface area contributed by atoms with Crippen LogP contribution in [0, 0.1) is 12.3 Å². The number of nitrogens with one attached hydrogen (secondary N) is 4. The minimum atomic E-state index is -1.32. The minimum absolute atomic E-state index is 0.0708. The molecule has 0 saturated carbocycles. The summed E-state index contributed by atoms with van der Waals surface area (Å²) in [6.45, 7) is -0.787. The van der Waals surface area contributed by atoms with Crippen molar-refractivity contribution >= 4 is 53.1 Å². The number of carboxylic acids is 2. The van der Waals surface area contributed by atoms with Gasteiger partial charge in [0.2, 0.25) is 23.6 Å². The van der Waals surface area contributed by atoms with Gasteiger partial charge in [0.1, 0.15) is 24.7 Å². The first-order chi connectivity index (χ1) is 21.9. The lowest BCUT2D eigenvalue weighted by molar-refractivity contribution is -0.139. The molecule has 0 bridgehead atoms. The second-order valence-corrected chi connectivity index (χ2v) is 10.9. The Kier molecular flexibility index (Phi) is 15.5. The third kappa shape index (κ3) is 13.2. The van der Waals surface area contributed by atoms with Crippen molar-refractivity contribution in [2.75, 3.05) is 24.6 Å². The molecule has 0 heterocycles. The smallest absolute Gasteiger partial charge is 0.322 e. The molecule has 0 aromatic heterocycles. The number of ketones is 1. The van der Waals surface area contributed by atoms with Gasteiger partial charge in [-0.3, -0.25) is 33.6 Å². The molecule has 4 amide bonds. The lowest BCUT2D eigenvalue weighted by Crippen LogP contribution is -2.50. The van der Waals surface area contributed by atoms with E-state index >= 15 is 0 Å². The van der Waals surface area contributed by atoms with Crippen LogP contribution in [0.4, 0.5) is 0 Å². The van der Waals surface area contributed by atoms with Crippen LogP contribution in [0.15, 0.2) is 54.6 Å². The van der Waals surface area contributed by atoms with Crippen molar-refractivity contribution in [3.05, 3.63) is 71.3 Å². The van der Waals surface area contributed by atoms with Gasteiger partial charge in [-0.15, -0.1) is 18.2 Å². The van der Waals surface area contributed by atoms with E-state index in [0.29, 0.717) is 16.7 Å². The third-order valence-corrected chi connectivity index (χ3v) is 7.33. The molecule has 2 rings (SSSR count). The van der Waals surface area contributed by atoms with Gasteiger partial charge in [-0.1, -0.05) is 60.5 Å². The third-order valence-electron chi connectivity index (χ3n) is 6.29. The highest BCUT2D eigenvalue weighted by molar-refractivity contribution is 8.00. The minimum Gasteiger partial charge on any atom is -0.480 e. The maximum atomic E-state index is 12.8. The predicted molar refractivity (Wildman–Crippen MR) is 169 cm³/mol. The van der Waals surface area contributed by atoms with Crippen LogP contribution < -0.4 is 27.0 Å². The summed E-state index contributed by atoms with van der Waals surface area (Å²) in [4.78, 5) is 84.9. The Morgan fingerprint density at radius 1 is 0.826 bits per heavy atom. The number of thioether (sulfide) groups is 1. The number of amides is 4. The summed E-state index contributed by atoms with van der Waals surface area (Å²) in [5, 5.41) is 27.4. The van der Waals surface area contributed by atoms with Crippen molar-refractivity contribution in [3.63, 3.8) is 0 Å². The SMILES string of the molecule is C#CCNC(=O)C(Cc1ccc(C(=O)c2ccccc2)cc1)NC(=O)CSCC(NC(=O)CC[C@H](N)C(=O)O)C(=O)NCC(=O)O. The van der Waals surface area contributed by atoms with Crippen LogP contribution in [0.3, 0.4) is 0 Å². The number of carbonyl (C=O) groups is 7. The second-order valence-electron chi connectivity index (χ2n) is 9.87.